The van der Waals surface area contributed by atoms with Crippen LogP contribution in [0.5, 0.6) is 5.75 Å². The van der Waals surface area contributed by atoms with Gasteiger partial charge in [0.05, 0.1) is 24.2 Å². The van der Waals surface area contributed by atoms with Gasteiger partial charge in [-0.1, -0.05) is 29.8 Å². The summed E-state index contributed by atoms with van der Waals surface area (Å²) in [7, 11) is 1.61. The number of amides is 1. The first kappa shape index (κ1) is 15.4. The van der Waals surface area contributed by atoms with Crippen LogP contribution in [0.15, 0.2) is 48.8 Å². The first-order valence-electron chi connectivity index (χ1n) is 7.17. The molecule has 1 N–H and O–H groups in total. The summed E-state index contributed by atoms with van der Waals surface area (Å²) >= 11 is 5.94. The Labute approximate surface area is 138 Å². The average Bonchev–Trinajstić information content (AvgIpc) is 2.94. The molecule has 0 atom stereocenters. The van der Waals surface area contributed by atoms with Gasteiger partial charge in [0.1, 0.15) is 11.4 Å². The smallest absolute Gasteiger partial charge is 0.226 e. The number of hydrogen-bond acceptors (Lipinski definition) is 3. The minimum atomic E-state index is -0.0922. The molecule has 118 valence electrons. The van der Waals surface area contributed by atoms with Crippen LogP contribution >= 0.6 is 11.6 Å². The second-order valence-electron chi connectivity index (χ2n) is 5.11. The molecule has 3 aromatic rings. The molecular weight excluding hydrogens is 314 g/mol. The number of pyridine rings is 1. The summed E-state index contributed by atoms with van der Waals surface area (Å²) in [5.74, 6) is 0.667. The van der Waals surface area contributed by atoms with Gasteiger partial charge in [-0.3, -0.25) is 4.79 Å². The van der Waals surface area contributed by atoms with Gasteiger partial charge in [-0.25, -0.2) is 4.98 Å². The summed E-state index contributed by atoms with van der Waals surface area (Å²) in [6.07, 6.45) is 3.79. The van der Waals surface area contributed by atoms with Gasteiger partial charge in [-0.2, -0.15) is 0 Å². The quantitative estimate of drug-likeness (QED) is 0.783. The highest BCUT2D eigenvalue weighted by molar-refractivity contribution is 6.30. The fourth-order valence-corrected chi connectivity index (χ4v) is 2.54. The van der Waals surface area contributed by atoms with Crippen LogP contribution in [0.4, 0.5) is 0 Å². The Morgan fingerprint density at radius 1 is 1.26 bits per heavy atom. The molecule has 2 aromatic heterocycles. The normalized spacial score (nSPS) is 10.7. The van der Waals surface area contributed by atoms with Crippen LogP contribution in [0.2, 0.25) is 5.02 Å². The van der Waals surface area contributed by atoms with Crippen molar-refractivity contribution < 1.29 is 9.53 Å². The number of imidazole rings is 1. The molecule has 3 rings (SSSR count). The van der Waals surface area contributed by atoms with Gasteiger partial charge in [0.2, 0.25) is 5.91 Å². The molecule has 2 heterocycles. The van der Waals surface area contributed by atoms with Crippen molar-refractivity contribution in [3.63, 3.8) is 0 Å². The number of benzene rings is 1. The zero-order valence-corrected chi connectivity index (χ0v) is 13.4. The van der Waals surface area contributed by atoms with Crippen LogP contribution in [-0.2, 0) is 17.8 Å². The second-order valence-corrected chi connectivity index (χ2v) is 5.55. The summed E-state index contributed by atoms with van der Waals surface area (Å²) in [5.41, 5.74) is 2.40. The largest absolute Gasteiger partial charge is 0.496 e. The van der Waals surface area contributed by atoms with Gasteiger partial charge in [0.15, 0.2) is 0 Å². The molecular formula is C17H16ClN3O2. The summed E-state index contributed by atoms with van der Waals surface area (Å²) < 4.78 is 7.08. The fourth-order valence-electron chi connectivity index (χ4n) is 2.37. The number of halogens is 1. The molecule has 0 unspecified atom stereocenters. The number of aromatic nitrogens is 2. The molecule has 0 bridgehead atoms. The van der Waals surface area contributed by atoms with E-state index in [0.29, 0.717) is 17.3 Å². The Balaban J connectivity index is 1.64. The molecule has 0 aliphatic rings. The van der Waals surface area contributed by atoms with E-state index < -0.39 is 0 Å². The Morgan fingerprint density at radius 2 is 2.09 bits per heavy atom. The fraction of sp³-hybridized carbons (Fsp3) is 0.176. The highest BCUT2D eigenvalue weighted by Crippen LogP contribution is 2.17. The number of methoxy groups -OCH3 is 1. The van der Waals surface area contributed by atoms with Crippen molar-refractivity contribution in [2.75, 3.05) is 7.11 Å². The highest BCUT2D eigenvalue weighted by Gasteiger charge is 2.09. The zero-order chi connectivity index (χ0) is 16.2. The van der Waals surface area contributed by atoms with Gasteiger partial charge in [0, 0.05) is 24.5 Å². The Bertz CT molecular complexity index is 845. The van der Waals surface area contributed by atoms with E-state index in [2.05, 4.69) is 10.3 Å². The molecule has 0 fully saturated rings. The number of ether oxygens (including phenoxy) is 1. The molecule has 0 aliphatic heterocycles. The lowest BCUT2D eigenvalue weighted by Gasteiger charge is -2.08. The third kappa shape index (κ3) is 3.63. The van der Waals surface area contributed by atoms with Gasteiger partial charge >= 0.3 is 0 Å². The van der Waals surface area contributed by atoms with Crippen molar-refractivity contribution in [2.45, 2.75) is 13.0 Å². The molecule has 0 saturated heterocycles. The SMILES string of the molecule is COc1ccccc1CNC(=O)Cc1cn2cc(Cl)ccc2n1. The van der Waals surface area contributed by atoms with Crippen molar-refractivity contribution in [1.29, 1.82) is 0 Å². The Hall–Kier alpha value is -2.53. The van der Waals surface area contributed by atoms with Crippen LogP contribution in [0.3, 0.4) is 0 Å². The lowest BCUT2D eigenvalue weighted by molar-refractivity contribution is -0.120. The molecule has 1 amide bonds. The molecule has 0 aliphatic carbocycles. The minimum absolute atomic E-state index is 0.0922. The molecule has 5 nitrogen and oxygen atoms in total. The number of fused-ring (bicyclic) bond motifs is 1. The maximum Gasteiger partial charge on any atom is 0.226 e. The molecule has 0 spiro atoms. The topological polar surface area (TPSA) is 55.6 Å². The first-order chi connectivity index (χ1) is 11.2. The number of carbonyl (C=O) groups is 1. The monoisotopic (exact) mass is 329 g/mol. The molecule has 0 saturated carbocycles. The number of nitrogens with one attached hydrogen (secondary N) is 1. The average molecular weight is 330 g/mol. The number of rotatable bonds is 5. The lowest BCUT2D eigenvalue weighted by Crippen LogP contribution is -2.24. The van der Waals surface area contributed by atoms with Gasteiger partial charge < -0.3 is 14.5 Å². The Kier molecular flexibility index (Phi) is 4.48. The predicted molar refractivity (Wildman–Crippen MR) is 88.7 cm³/mol. The van der Waals surface area contributed by atoms with Gasteiger partial charge in [0.25, 0.3) is 0 Å². The highest BCUT2D eigenvalue weighted by atomic mass is 35.5. The van der Waals surface area contributed by atoms with E-state index in [9.17, 15) is 4.79 Å². The molecule has 6 heteroatoms. The van der Waals surface area contributed by atoms with E-state index in [4.69, 9.17) is 16.3 Å². The molecule has 1 aromatic carbocycles. The van der Waals surface area contributed by atoms with E-state index in [0.717, 1.165) is 17.0 Å². The third-order valence-corrected chi connectivity index (χ3v) is 3.70. The van der Waals surface area contributed by atoms with Crippen molar-refractivity contribution in [1.82, 2.24) is 14.7 Å². The Morgan fingerprint density at radius 3 is 2.91 bits per heavy atom. The zero-order valence-electron chi connectivity index (χ0n) is 12.6. The van der Waals surface area contributed by atoms with Crippen LogP contribution < -0.4 is 10.1 Å². The van der Waals surface area contributed by atoms with Crippen molar-refractivity contribution in [3.05, 3.63) is 65.1 Å². The van der Waals surface area contributed by atoms with Crippen LogP contribution in [0.25, 0.3) is 5.65 Å². The predicted octanol–water partition coefficient (Wildman–Crippen LogP) is 2.86. The van der Waals surface area contributed by atoms with E-state index in [1.807, 2.05) is 40.9 Å². The minimum Gasteiger partial charge on any atom is -0.496 e. The summed E-state index contributed by atoms with van der Waals surface area (Å²) in [6, 6.07) is 11.2. The number of para-hydroxylation sites is 1. The van der Waals surface area contributed by atoms with Gasteiger partial charge in [-0.15, -0.1) is 0 Å². The first-order valence-corrected chi connectivity index (χ1v) is 7.55. The lowest BCUT2D eigenvalue weighted by atomic mass is 10.2. The van der Waals surface area contributed by atoms with Crippen LogP contribution in [-0.4, -0.2) is 22.4 Å². The van der Waals surface area contributed by atoms with Gasteiger partial charge in [-0.05, 0) is 18.2 Å². The summed E-state index contributed by atoms with van der Waals surface area (Å²) in [6.45, 7) is 0.419. The van der Waals surface area contributed by atoms with E-state index >= 15 is 0 Å². The number of hydrogen-bond donors (Lipinski definition) is 1. The van der Waals surface area contributed by atoms with Crippen molar-refractivity contribution in [2.24, 2.45) is 0 Å². The summed E-state index contributed by atoms with van der Waals surface area (Å²) in [5, 5.41) is 3.51. The number of carbonyl (C=O) groups excluding carboxylic acids is 1. The molecule has 0 radical (unpaired) electrons. The standard InChI is InChI=1S/C17H16ClN3O2/c1-23-15-5-3-2-4-12(15)9-19-17(22)8-14-11-21-10-13(18)6-7-16(21)20-14/h2-7,10-11H,8-9H2,1H3,(H,19,22). The van der Waals surface area contributed by atoms with Crippen LogP contribution in [0, 0.1) is 0 Å². The van der Waals surface area contributed by atoms with E-state index in [1.165, 1.54) is 0 Å². The second kappa shape index (κ2) is 6.71. The van der Waals surface area contributed by atoms with Crippen LogP contribution in [0.1, 0.15) is 11.3 Å². The van der Waals surface area contributed by atoms with E-state index in [-0.39, 0.29) is 12.3 Å². The maximum atomic E-state index is 12.1. The number of nitrogens with zero attached hydrogens (tertiary/aromatic N) is 2. The van der Waals surface area contributed by atoms with Crippen molar-refractivity contribution >= 4 is 23.2 Å². The maximum absolute atomic E-state index is 12.1. The van der Waals surface area contributed by atoms with Crippen molar-refractivity contribution in [3.8, 4) is 5.75 Å². The van der Waals surface area contributed by atoms with E-state index in [1.54, 1.807) is 19.4 Å². The molecule has 23 heavy (non-hydrogen) atoms. The third-order valence-electron chi connectivity index (χ3n) is 3.48. The summed E-state index contributed by atoms with van der Waals surface area (Å²) in [4.78, 5) is 16.5.